The van der Waals surface area contributed by atoms with Crippen LogP contribution in [0.1, 0.15) is 22.3 Å². The molecule has 1 saturated heterocycles. The van der Waals surface area contributed by atoms with Gasteiger partial charge in [-0.15, -0.1) is 0 Å². The molecule has 5 nitrogen and oxygen atoms in total. The fourth-order valence-electron chi connectivity index (χ4n) is 1.95. The summed E-state index contributed by atoms with van der Waals surface area (Å²) >= 11 is 0. The predicted molar refractivity (Wildman–Crippen MR) is 65.8 cm³/mol. The lowest BCUT2D eigenvalue weighted by Crippen LogP contribution is -2.19. The number of hydrogen-bond acceptors (Lipinski definition) is 4. The van der Waals surface area contributed by atoms with Crippen molar-refractivity contribution < 1.29 is 23.1 Å². The van der Waals surface area contributed by atoms with Crippen LogP contribution in [0.3, 0.4) is 0 Å². The lowest BCUT2D eigenvalue weighted by molar-refractivity contribution is 0.0690. The fourth-order valence-corrected chi connectivity index (χ4v) is 3.54. The van der Waals surface area contributed by atoms with Gasteiger partial charge in [0.25, 0.3) is 0 Å². The molecule has 0 saturated carbocycles. The van der Waals surface area contributed by atoms with Gasteiger partial charge in [0.05, 0.1) is 11.5 Å². The number of rotatable bonds is 3. The molecule has 0 aromatic heterocycles. The van der Waals surface area contributed by atoms with Crippen LogP contribution in [-0.4, -0.2) is 37.1 Å². The summed E-state index contributed by atoms with van der Waals surface area (Å²) in [5.41, 5.74) is 0.887. The van der Waals surface area contributed by atoms with Gasteiger partial charge in [-0.1, -0.05) is 11.6 Å². The van der Waals surface area contributed by atoms with Crippen molar-refractivity contribution >= 4 is 15.8 Å². The van der Waals surface area contributed by atoms with Crippen molar-refractivity contribution in [2.75, 3.05) is 11.5 Å². The molecule has 1 unspecified atom stereocenters. The zero-order chi connectivity index (χ0) is 13.3. The van der Waals surface area contributed by atoms with Crippen molar-refractivity contribution in [3.8, 4) is 5.75 Å². The first kappa shape index (κ1) is 12.9. The minimum atomic E-state index is -3.03. The fraction of sp³-hybridized carbons (Fsp3) is 0.417. The summed E-state index contributed by atoms with van der Waals surface area (Å²) in [6.07, 6.45) is -0.0364. The quantitative estimate of drug-likeness (QED) is 0.894. The number of benzene rings is 1. The molecule has 0 bridgehead atoms. The maximum atomic E-state index is 11.3. The van der Waals surface area contributed by atoms with Crippen LogP contribution in [-0.2, 0) is 9.84 Å². The number of sulfone groups is 1. The Kier molecular flexibility index (Phi) is 3.30. The normalized spacial score (nSPS) is 21.7. The van der Waals surface area contributed by atoms with Crippen molar-refractivity contribution in [1.82, 2.24) is 0 Å². The molecule has 1 atom stereocenters. The van der Waals surface area contributed by atoms with E-state index in [4.69, 9.17) is 9.84 Å². The predicted octanol–water partition coefficient (Wildman–Crippen LogP) is 1.26. The van der Waals surface area contributed by atoms with Crippen LogP contribution in [0.15, 0.2) is 18.2 Å². The molecule has 1 N–H and O–H groups in total. The molecule has 1 aromatic carbocycles. The van der Waals surface area contributed by atoms with E-state index in [1.165, 1.54) is 6.07 Å². The first-order valence-corrected chi connectivity index (χ1v) is 7.40. The molecule has 6 heteroatoms. The molecule has 0 radical (unpaired) electrons. The van der Waals surface area contributed by atoms with Gasteiger partial charge in [0.2, 0.25) is 0 Å². The number of carbonyl (C=O) groups is 1. The van der Waals surface area contributed by atoms with E-state index in [-0.39, 0.29) is 22.8 Å². The van der Waals surface area contributed by atoms with Crippen molar-refractivity contribution in [3.05, 3.63) is 29.3 Å². The summed E-state index contributed by atoms with van der Waals surface area (Å²) in [5.74, 6) is -0.781. The summed E-state index contributed by atoms with van der Waals surface area (Å²) < 4.78 is 28.1. The summed E-state index contributed by atoms with van der Waals surface area (Å²) in [5, 5.41) is 9.07. The second-order valence-electron chi connectivity index (χ2n) is 4.45. The van der Waals surface area contributed by atoms with E-state index in [2.05, 4.69) is 0 Å². The molecule has 98 valence electrons. The molecule has 0 aliphatic carbocycles. The second-order valence-corrected chi connectivity index (χ2v) is 6.68. The number of carboxylic acid groups (broad SMARTS) is 1. The van der Waals surface area contributed by atoms with Crippen molar-refractivity contribution in [3.63, 3.8) is 0 Å². The van der Waals surface area contributed by atoms with E-state index >= 15 is 0 Å². The van der Waals surface area contributed by atoms with Crippen molar-refractivity contribution in [1.29, 1.82) is 0 Å². The lowest BCUT2D eigenvalue weighted by Gasteiger charge is -2.14. The molecule has 1 heterocycles. The third kappa shape index (κ3) is 2.81. The van der Waals surface area contributed by atoms with Gasteiger partial charge >= 0.3 is 5.97 Å². The SMILES string of the molecule is Cc1ccc(OC2CCS(=O)(=O)C2)c(C(=O)O)c1. The molecule has 1 aliphatic rings. The van der Waals surface area contributed by atoms with E-state index in [9.17, 15) is 13.2 Å². The van der Waals surface area contributed by atoms with Gasteiger partial charge in [0.15, 0.2) is 9.84 Å². The van der Waals surface area contributed by atoms with Crippen LogP contribution in [0.2, 0.25) is 0 Å². The van der Waals surface area contributed by atoms with Gasteiger partial charge in [0, 0.05) is 0 Å². The van der Waals surface area contributed by atoms with E-state index in [0.717, 1.165) is 5.56 Å². The third-order valence-corrected chi connectivity index (χ3v) is 4.59. The first-order chi connectivity index (χ1) is 8.37. The van der Waals surface area contributed by atoms with Gasteiger partial charge < -0.3 is 9.84 Å². The Hall–Kier alpha value is -1.56. The van der Waals surface area contributed by atoms with Crippen LogP contribution in [0, 0.1) is 6.92 Å². The molecule has 0 spiro atoms. The smallest absolute Gasteiger partial charge is 0.339 e. The van der Waals surface area contributed by atoms with Crippen LogP contribution in [0.5, 0.6) is 5.75 Å². The van der Waals surface area contributed by atoms with Gasteiger partial charge in [-0.25, -0.2) is 13.2 Å². The lowest BCUT2D eigenvalue weighted by atomic mass is 10.1. The summed E-state index contributed by atoms with van der Waals surface area (Å²) in [6, 6.07) is 4.83. The minimum absolute atomic E-state index is 0.0417. The third-order valence-electron chi connectivity index (χ3n) is 2.85. The maximum Gasteiger partial charge on any atom is 0.339 e. The maximum absolute atomic E-state index is 11.3. The number of aryl methyl sites for hydroxylation is 1. The Morgan fingerprint density at radius 3 is 2.72 bits per heavy atom. The van der Waals surface area contributed by atoms with Crippen LogP contribution >= 0.6 is 0 Å². The average molecular weight is 270 g/mol. The summed E-state index contributed by atoms with van der Waals surface area (Å²) in [6.45, 7) is 1.79. The van der Waals surface area contributed by atoms with Gasteiger partial charge in [0.1, 0.15) is 17.4 Å². The molecule has 18 heavy (non-hydrogen) atoms. The molecule has 1 fully saturated rings. The van der Waals surface area contributed by atoms with E-state index < -0.39 is 21.9 Å². The van der Waals surface area contributed by atoms with E-state index in [1.807, 2.05) is 0 Å². The number of hydrogen-bond donors (Lipinski definition) is 1. The molecular weight excluding hydrogens is 256 g/mol. The monoisotopic (exact) mass is 270 g/mol. The highest BCUT2D eigenvalue weighted by atomic mass is 32.2. The largest absolute Gasteiger partial charge is 0.488 e. The Bertz CT molecular complexity index is 576. The zero-order valence-electron chi connectivity index (χ0n) is 9.92. The zero-order valence-corrected chi connectivity index (χ0v) is 10.7. The van der Waals surface area contributed by atoms with Crippen LogP contribution in [0.4, 0.5) is 0 Å². The van der Waals surface area contributed by atoms with E-state index in [0.29, 0.717) is 6.42 Å². The topological polar surface area (TPSA) is 80.7 Å². The number of aromatic carboxylic acids is 1. The highest BCUT2D eigenvalue weighted by molar-refractivity contribution is 7.91. The van der Waals surface area contributed by atoms with Crippen molar-refractivity contribution in [2.45, 2.75) is 19.4 Å². The molecular formula is C12H14O5S. The highest BCUT2D eigenvalue weighted by Crippen LogP contribution is 2.24. The Balaban J connectivity index is 2.22. The van der Waals surface area contributed by atoms with Gasteiger partial charge in [-0.3, -0.25) is 0 Å². The standard InChI is InChI=1S/C12H14O5S/c1-8-2-3-11(10(6-8)12(13)14)17-9-4-5-18(15,16)7-9/h2-3,6,9H,4-5,7H2,1H3,(H,13,14). The number of carboxylic acids is 1. The van der Waals surface area contributed by atoms with Gasteiger partial charge in [-0.2, -0.15) is 0 Å². The van der Waals surface area contributed by atoms with Gasteiger partial charge in [-0.05, 0) is 25.5 Å². The Morgan fingerprint density at radius 2 is 2.17 bits per heavy atom. The molecule has 1 aromatic rings. The van der Waals surface area contributed by atoms with E-state index in [1.54, 1.807) is 19.1 Å². The van der Waals surface area contributed by atoms with Crippen molar-refractivity contribution in [2.24, 2.45) is 0 Å². The first-order valence-electron chi connectivity index (χ1n) is 5.58. The van der Waals surface area contributed by atoms with Crippen LogP contribution in [0.25, 0.3) is 0 Å². The Morgan fingerprint density at radius 1 is 1.44 bits per heavy atom. The average Bonchev–Trinajstić information content (AvgIpc) is 2.60. The second kappa shape index (κ2) is 4.61. The molecule has 2 rings (SSSR count). The number of ether oxygens (including phenoxy) is 1. The van der Waals surface area contributed by atoms with Crippen LogP contribution < -0.4 is 4.74 Å². The Labute approximate surface area is 105 Å². The summed E-state index contributed by atoms with van der Waals surface area (Å²) in [7, 11) is -3.03. The molecule has 0 amide bonds. The molecule has 1 aliphatic heterocycles. The highest BCUT2D eigenvalue weighted by Gasteiger charge is 2.30. The minimum Gasteiger partial charge on any atom is -0.488 e. The summed E-state index contributed by atoms with van der Waals surface area (Å²) in [4.78, 5) is 11.1.